The molecule has 0 bridgehead atoms. The van der Waals surface area contributed by atoms with Gasteiger partial charge in [0.05, 0.1) is 5.92 Å². The van der Waals surface area contributed by atoms with E-state index in [1.165, 1.54) is 12.8 Å². The van der Waals surface area contributed by atoms with E-state index in [0.717, 1.165) is 25.9 Å². The van der Waals surface area contributed by atoms with Crippen molar-refractivity contribution in [3.63, 3.8) is 0 Å². The van der Waals surface area contributed by atoms with Gasteiger partial charge in [-0.15, -0.1) is 12.4 Å². The van der Waals surface area contributed by atoms with Crippen molar-refractivity contribution < 1.29 is 9.59 Å². The van der Waals surface area contributed by atoms with Gasteiger partial charge < -0.3 is 16.0 Å². The summed E-state index contributed by atoms with van der Waals surface area (Å²) < 4.78 is 0. The molecule has 1 aliphatic carbocycles. The Morgan fingerprint density at radius 1 is 1.35 bits per heavy atom. The molecule has 20 heavy (non-hydrogen) atoms. The fourth-order valence-electron chi connectivity index (χ4n) is 2.53. The number of nitrogens with zero attached hydrogens (tertiary/aromatic N) is 1. The number of carbonyl (C=O) groups is 2. The molecule has 6 heteroatoms. The Bertz CT molecular complexity index is 345. The molecular weight excluding hydrogens is 278 g/mol. The number of piperidine rings is 1. The highest BCUT2D eigenvalue weighted by atomic mass is 35.5. The smallest absolute Gasteiger partial charge is 0.224 e. The van der Waals surface area contributed by atoms with Crippen LogP contribution in [0, 0.1) is 11.8 Å². The zero-order valence-corrected chi connectivity index (χ0v) is 13.0. The molecule has 1 saturated carbocycles. The van der Waals surface area contributed by atoms with Gasteiger partial charge in [-0.25, -0.2) is 0 Å². The molecule has 1 saturated heterocycles. The summed E-state index contributed by atoms with van der Waals surface area (Å²) in [7, 11) is 0. The van der Waals surface area contributed by atoms with Gasteiger partial charge in [-0.05, 0) is 38.5 Å². The molecule has 2 unspecified atom stereocenters. The molecule has 5 nitrogen and oxygen atoms in total. The molecule has 0 aromatic heterocycles. The molecule has 0 aromatic rings. The van der Waals surface area contributed by atoms with E-state index >= 15 is 0 Å². The molecule has 2 amide bonds. The van der Waals surface area contributed by atoms with E-state index in [4.69, 9.17) is 5.73 Å². The van der Waals surface area contributed by atoms with Gasteiger partial charge in [-0.2, -0.15) is 0 Å². The fraction of sp³-hybridized carbons (Fsp3) is 0.857. The SMILES string of the molecule is CC(N)CC(=O)N1CCCC(C(=O)NCC2CC2)C1.Cl. The zero-order valence-electron chi connectivity index (χ0n) is 12.1. The van der Waals surface area contributed by atoms with Crippen molar-refractivity contribution in [3.8, 4) is 0 Å². The zero-order chi connectivity index (χ0) is 13.8. The van der Waals surface area contributed by atoms with Gasteiger partial charge in [0.1, 0.15) is 0 Å². The Hall–Kier alpha value is -0.810. The fourth-order valence-corrected chi connectivity index (χ4v) is 2.53. The molecule has 0 spiro atoms. The molecular formula is C14H26ClN3O2. The van der Waals surface area contributed by atoms with Gasteiger partial charge in [0, 0.05) is 32.1 Å². The molecule has 116 valence electrons. The topological polar surface area (TPSA) is 75.4 Å². The Balaban J connectivity index is 0.00000200. The Labute approximate surface area is 127 Å². The number of halogens is 1. The lowest BCUT2D eigenvalue weighted by Gasteiger charge is -2.32. The van der Waals surface area contributed by atoms with Gasteiger partial charge in [0.15, 0.2) is 0 Å². The molecule has 0 aromatic carbocycles. The van der Waals surface area contributed by atoms with Crippen molar-refractivity contribution in [1.82, 2.24) is 10.2 Å². The monoisotopic (exact) mass is 303 g/mol. The summed E-state index contributed by atoms with van der Waals surface area (Å²) in [5, 5.41) is 3.01. The number of likely N-dealkylation sites (tertiary alicyclic amines) is 1. The maximum atomic E-state index is 12.0. The predicted octanol–water partition coefficient (Wildman–Crippen LogP) is 0.910. The van der Waals surface area contributed by atoms with Crippen molar-refractivity contribution in [1.29, 1.82) is 0 Å². The van der Waals surface area contributed by atoms with E-state index in [0.29, 0.717) is 18.9 Å². The third-order valence-corrected chi connectivity index (χ3v) is 3.90. The van der Waals surface area contributed by atoms with Gasteiger partial charge in [0.2, 0.25) is 11.8 Å². The number of nitrogens with one attached hydrogen (secondary N) is 1. The molecule has 0 radical (unpaired) electrons. The summed E-state index contributed by atoms with van der Waals surface area (Å²) in [6, 6.07) is -0.114. The van der Waals surface area contributed by atoms with E-state index in [9.17, 15) is 9.59 Å². The lowest BCUT2D eigenvalue weighted by Crippen LogP contribution is -2.46. The average Bonchev–Trinajstić information content (AvgIpc) is 3.19. The minimum atomic E-state index is -0.114. The van der Waals surface area contributed by atoms with E-state index in [1.807, 2.05) is 6.92 Å². The van der Waals surface area contributed by atoms with Crippen LogP contribution in [0.25, 0.3) is 0 Å². The third kappa shape index (κ3) is 5.29. The van der Waals surface area contributed by atoms with Crippen LogP contribution in [0.1, 0.15) is 39.0 Å². The molecule has 1 heterocycles. The first kappa shape index (κ1) is 17.2. The highest BCUT2D eigenvalue weighted by molar-refractivity contribution is 5.85. The van der Waals surface area contributed by atoms with Crippen LogP contribution < -0.4 is 11.1 Å². The van der Waals surface area contributed by atoms with Gasteiger partial charge in [-0.1, -0.05) is 0 Å². The Kier molecular flexibility index (Phi) is 6.76. The van der Waals surface area contributed by atoms with Crippen molar-refractivity contribution in [2.45, 2.75) is 45.1 Å². The second kappa shape index (κ2) is 7.84. The summed E-state index contributed by atoms with van der Waals surface area (Å²) in [5.74, 6) is 0.854. The summed E-state index contributed by atoms with van der Waals surface area (Å²) in [6.07, 6.45) is 4.65. The maximum Gasteiger partial charge on any atom is 0.224 e. The number of hydrogen-bond acceptors (Lipinski definition) is 3. The Morgan fingerprint density at radius 3 is 2.65 bits per heavy atom. The van der Waals surface area contributed by atoms with Gasteiger partial charge >= 0.3 is 0 Å². The number of nitrogens with two attached hydrogens (primary N) is 1. The van der Waals surface area contributed by atoms with E-state index < -0.39 is 0 Å². The normalized spacial score (nSPS) is 23.7. The quantitative estimate of drug-likeness (QED) is 0.793. The predicted molar refractivity (Wildman–Crippen MR) is 80.6 cm³/mol. The van der Waals surface area contributed by atoms with Gasteiger partial charge in [0.25, 0.3) is 0 Å². The van der Waals surface area contributed by atoms with Crippen LogP contribution in [0.5, 0.6) is 0 Å². The first-order chi connectivity index (χ1) is 9.06. The minimum absolute atomic E-state index is 0. The summed E-state index contributed by atoms with van der Waals surface area (Å²) in [4.78, 5) is 25.8. The standard InChI is InChI=1S/C14H25N3O2.ClH/c1-10(15)7-13(18)17-6-2-3-12(9-17)14(19)16-8-11-4-5-11;/h10-12H,2-9,15H2,1H3,(H,16,19);1H. The van der Waals surface area contributed by atoms with E-state index in [2.05, 4.69) is 5.32 Å². The molecule has 2 fully saturated rings. The van der Waals surface area contributed by atoms with E-state index in [-0.39, 0.29) is 36.2 Å². The highest BCUT2D eigenvalue weighted by Gasteiger charge is 2.29. The Morgan fingerprint density at radius 2 is 2.05 bits per heavy atom. The largest absolute Gasteiger partial charge is 0.356 e. The van der Waals surface area contributed by atoms with Crippen molar-refractivity contribution in [2.24, 2.45) is 17.6 Å². The van der Waals surface area contributed by atoms with Crippen LogP contribution in [0.3, 0.4) is 0 Å². The van der Waals surface area contributed by atoms with Crippen LogP contribution in [0.4, 0.5) is 0 Å². The second-order valence-electron chi connectivity index (χ2n) is 6.05. The molecule has 2 aliphatic rings. The molecule has 3 N–H and O–H groups in total. The van der Waals surface area contributed by atoms with Crippen LogP contribution in [-0.2, 0) is 9.59 Å². The van der Waals surface area contributed by atoms with Crippen LogP contribution in [0.15, 0.2) is 0 Å². The van der Waals surface area contributed by atoms with Crippen LogP contribution in [0.2, 0.25) is 0 Å². The number of amides is 2. The average molecular weight is 304 g/mol. The highest BCUT2D eigenvalue weighted by Crippen LogP contribution is 2.28. The molecule has 1 aliphatic heterocycles. The minimum Gasteiger partial charge on any atom is -0.356 e. The number of hydrogen-bond donors (Lipinski definition) is 2. The lowest BCUT2D eigenvalue weighted by atomic mass is 9.96. The summed E-state index contributed by atoms with van der Waals surface area (Å²) in [5.41, 5.74) is 5.66. The first-order valence-corrected chi connectivity index (χ1v) is 7.37. The van der Waals surface area contributed by atoms with E-state index in [1.54, 1.807) is 4.90 Å². The van der Waals surface area contributed by atoms with Gasteiger partial charge in [-0.3, -0.25) is 9.59 Å². The van der Waals surface area contributed by atoms with Crippen LogP contribution >= 0.6 is 12.4 Å². The number of rotatable bonds is 5. The molecule has 2 atom stereocenters. The van der Waals surface area contributed by atoms with Crippen molar-refractivity contribution in [3.05, 3.63) is 0 Å². The third-order valence-electron chi connectivity index (χ3n) is 3.90. The summed E-state index contributed by atoms with van der Waals surface area (Å²) >= 11 is 0. The van der Waals surface area contributed by atoms with Crippen molar-refractivity contribution in [2.75, 3.05) is 19.6 Å². The lowest BCUT2D eigenvalue weighted by molar-refractivity contribution is -0.135. The second-order valence-corrected chi connectivity index (χ2v) is 6.05. The van der Waals surface area contributed by atoms with Crippen LogP contribution in [-0.4, -0.2) is 42.4 Å². The maximum absolute atomic E-state index is 12.0. The first-order valence-electron chi connectivity index (χ1n) is 7.37. The summed E-state index contributed by atoms with van der Waals surface area (Å²) in [6.45, 7) is 3.96. The molecule has 2 rings (SSSR count). The van der Waals surface area contributed by atoms with Crippen molar-refractivity contribution >= 4 is 24.2 Å². The number of carbonyl (C=O) groups excluding carboxylic acids is 2.